The number of hydrogen-bond donors (Lipinski definition) is 1. The topological polar surface area (TPSA) is 12.0 Å². The molecule has 0 radical (unpaired) electrons. The highest BCUT2D eigenvalue weighted by molar-refractivity contribution is 7.99. The zero-order valence-electron chi connectivity index (χ0n) is 8.73. The number of halogens is 2. The third-order valence-electron chi connectivity index (χ3n) is 3.02. The van der Waals surface area contributed by atoms with E-state index in [1.807, 2.05) is 24.9 Å². The summed E-state index contributed by atoms with van der Waals surface area (Å²) in [6.07, 6.45) is 1.07. The predicted molar refractivity (Wildman–Crippen MR) is 68.2 cm³/mol. The van der Waals surface area contributed by atoms with E-state index in [1.165, 1.54) is 4.90 Å². The van der Waals surface area contributed by atoms with Crippen LogP contribution in [0.15, 0.2) is 17.0 Å². The molecule has 1 nitrogen and oxygen atoms in total. The first-order valence-electron chi connectivity index (χ1n) is 4.89. The van der Waals surface area contributed by atoms with Crippen molar-refractivity contribution < 1.29 is 0 Å². The molecular formula is C11H13Cl2NS. The number of hydrogen-bond acceptors (Lipinski definition) is 2. The Balaban J connectivity index is 2.63. The average Bonchev–Trinajstić information content (AvgIpc) is 2.24. The van der Waals surface area contributed by atoms with Gasteiger partial charge in [-0.15, -0.1) is 11.8 Å². The number of nitrogens with one attached hydrogen (secondary N) is 1. The van der Waals surface area contributed by atoms with Gasteiger partial charge in [-0.05, 0) is 32.5 Å². The molecule has 0 amide bonds. The Labute approximate surface area is 105 Å². The van der Waals surface area contributed by atoms with Gasteiger partial charge in [-0.1, -0.05) is 23.2 Å². The molecule has 0 aromatic heterocycles. The molecule has 1 unspecified atom stereocenters. The summed E-state index contributed by atoms with van der Waals surface area (Å²) in [7, 11) is 1.97. The molecule has 0 bridgehead atoms. The fourth-order valence-electron chi connectivity index (χ4n) is 1.91. The molecule has 1 heterocycles. The highest BCUT2D eigenvalue weighted by Gasteiger charge is 2.33. The van der Waals surface area contributed by atoms with Crippen LogP contribution in [0.1, 0.15) is 18.9 Å². The van der Waals surface area contributed by atoms with Crippen molar-refractivity contribution in [2.24, 2.45) is 0 Å². The molecule has 82 valence electrons. The third kappa shape index (κ3) is 1.89. The van der Waals surface area contributed by atoms with Gasteiger partial charge in [-0.25, -0.2) is 0 Å². The van der Waals surface area contributed by atoms with Crippen molar-refractivity contribution in [3.63, 3.8) is 0 Å². The van der Waals surface area contributed by atoms with Gasteiger partial charge in [-0.2, -0.15) is 0 Å². The van der Waals surface area contributed by atoms with Crippen LogP contribution in [0.3, 0.4) is 0 Å². The largest absolute Gasteiger partial charge is 0.311 e. The first-order valence-corrected chi connectivity index (χ1v) is 6.63. The van der Waals surface area contributed by atoms with Crippen molar-refractivity contribution in [1.82, 2.24) is 5.32 Å². The molecule has 1 N–H and O–H groups in total. The smallest absolute Gasteiger partial charge is 0.0654 e. The van der Waals surface area contributed by atoms with Crippen LogP contribution >= 0.6 is 35.0 Å². The summed E-state index contributed by atoms with van der Waals surface area (Å²) >= 11 is 14.2. The summed E-state index contributed by atoms with van der Waals surface area (Å²) < 4.78 is 0. The normalized spacial score (nSPS) is 25.1. The van der Waals surface area contributed by atoms with Gasteiger partial charge in [-0.3, -0.25) is 0 Å². The van der Waals surface area contributed by atoms with Crippen LogP contribution in [-0.2, 0) is 5.54 Å². The quantitative estimate of drug-likeness (QED) is 0.823. The van der Waals surface area contributed by atoms with E-state index in [4.69, 9.17) is 23.2 Å². The Hall–Kier alpha value is 0.110. The predicted octanol–water partition coefficient (Wildman–Crippen LogP) is 3.92. The molecule has 0 spiro atoms. The Morgan fingerprint density at radius 2 is 2.13 bits per heavy atom. The maximum absolute atomic E-state index is 6.29. The van der Waals surface area contributed by atoms with E-state index in [-0.39, 0.29) is 5.54 Å². The van der Waals surface area contributed by atoms with Crippen molar-refractivity contribution in [3.8, 4) is 0 Å². The Kier molecular flexibility index (Phi) is 3.22. The third-order valence-corrected chi connectivity index (χ3v) is 4.88. The van der Waals surface area contributed by atoms with Gasteiger partial charge in [0, 0.05) is 21.8 Å². The second kappa shape index (κ2) is 4.17. The maximum Gasteiger partial charge on any atom is 0.0654 e. The zero-order valence-corrected chi connectivity index (χ0v) is 11.1. The van der Waals surface area contributed by atoms with Crippen LogP contribution in [0.2, 0.25) is 10.0 Å². The summed E-state index contributed by atoms with van der Waals surface area (Å²) in [5.41, 5.74) is 1.10. The minimum absolute atomic E-state index is 0.0530. The second-order valence-electron chi connectivity index (χ2n) is 3.92. The monoisotopic (exact) mass is 261 g/mol. The second-order valence-corrected chi connectivity index (χ2v) is 5.84. The van der Waals surface area contributed by atoms with Crippen LogP contribution in [0.5, 0.6) is 0 Å². The first-order chi connectivity index (χ1) is 7.08. The molecule has 1 aliphatic heterocycles. The first kappa shape index (κ1) is 11.6. The van der Waals surface area contributed by atoms with Gasteiger partial charge in [0.15, 0.2) is 0 Å². The standard InChI is InChI=1S/C11H13Cl2NS/c1-11(14-2)5-6-15-8-4-3-7(12)10(13)9(8)11/h3-4,14H,5-6H2,1-2H3. The molecule has 0 saturated carbocycles. The highest BCUT2D eigenvalue weighted by atomic mass is 35.5. The molecule has 1 atom stereocenters. The summed E-state index contributed by atoms with van der Waals surface area (Å²) in [6, 6.07) is 3.93. The van der Waals surface area contributed by atoms with Gasteiger partial charge >= 0.3 is 0 Å². The molecule has 0 aliphatic carbocycles. The van der Waals surface area contributed by atoms with Crippen LogP contribution < -0.4 is 5.32 Å². The number of thioether (sulfide) groups is 1. The minimum Gasteiger partial charge on any atom is -0.311 e. The summed E-state index contributed by atoms with van der Waals surface area (Å²) in [5.74, 6) is 1.11. The minimum atomic E-state index is -0.0530. The van der Waals surface area contributed by atoms with Crippen molar-refractivity contribution in [2.45, 2.75) is 23.8 Å². The van der Waals surface area contributed by atoms with E-state index in [0.717, 1.165) is 17.7 Å². The maximum atomic E-state index is 6.29. The van der Waals surface area contributed by atoms with Crippen LogP contribution in [0.4, 0.5) is 0 Å². The average molecular weight is 262 g/mol. The van der Waals surface area contributed by atoms with E-state index in [1.54, 1.807) is 0 Å². The summed E-state index contributed by atoms with van der Waals surface area (Å²) in [5, 5.41) is 4.68. The molecule has 0 fully saturated rings. The van der Waals surface area contributed by atoms with Crippen LogP contribution in [0, 0.1) is 0 Å². The van der Waals surface area contributed by atoms with E-state index in [0.29, 0.717) is 10.0 Å². The highest BCUT2D eigenvalue weighted by Crippen LogP contribution is 2.45. The SMILES string of the molecule is CNC1(C)CCSc2ccc(Cl)c(Cl)c21. The molecule has 15 heavy (non-hydrogen) atoms. The molecule has 1 aliphatic rings. The van der Waals surface area contributed by atoms with Crippen molar-refractivity contribution in [1.29, 1.82) is 0 Å². The van der Waals surface area contributed by atoms with Gasteiger partial charge in [0.1, 0.15) is 0 Å². The molecule has 0 saturated heterocycles. The van der Waals surface area contributed by atoms with Crippen molar-refractivity contribution in [3.05, 3.63) is 27.7 Å². The Bertz CT molecular complexity index is 394. The molecule has 1 aromatic carbocycles. The van der Waals surface area contributed by atoms with Crippen molar-refractivity contribution in [2.75, 3.05) is 12.8 Å². The lowest BCUT2D eigenvalue weighted by Gasteiger charge is -2.36. The van der Waals surface area contributed by atoms with Gasteiger partial charge in [0.25, 0.3) is 0 Å². The van der Waals surface area contributed by atoms with Crippen molar-refractivity contribution >= 4 is 35.0 Å². The van der Waals surface area contributed by atoms with Crippen LogP contribution in [-0.4, -0.2) is 12.8 Å². The van der Waals surface area contributed by atoms with Crippen LogP contribution in [0.25, 0.3) is 0 Å². The zero-order chi connectivity index (χ0) is 11.1. The summed E-state index contributed by atoms with van der Waals surface area (Å²) in [4.78, 5) is 1.24. The summed E-state index contributed by atoms with van der Waals surface area (Å²) in [6.45, 7) is 2.17. The van der Waals surface area contributed by atoms with Gasteiger partial charge < -0.3 is 5.32 Å². The number of rotatable bonds is 1. The lowest BCUT2D eigenvalue weighted by Crippen LogP contribution is -2.39. The van der Waals surface area contributed by atoms with Gasteiger partial charge in [0.2, 0.25) is 0 Å². The van der Waals surface area contributed by atoms with E-state index in [2.05, 4.69) is 18.3 Å². The van der Waals surface area contributed by atoms with E-state index in [9.17, 15) is 0 Å². The Morgan fingerprint density at radius 1 is 1.40 bits per heavy atom. The lowest BCUT2D eigenvalue weighted by molar-refractivity contribution is 0.377. The fourth-order valence-corrected chi connectivity index (χ4v) is 3.86. The lowest BCUT2D eigenvalue weighted by atomic mass is 9.89. The molecule has 4 heteroatoms. The Morgan fingerprint density at radius 3 is 2.80 bits per heavy atom. The van der Waals surface area contributed by atoms with Gasteiger partial charge in [0.05, 0.1) is 10.0 Å². The number of benzene rings is 1. The van der Waals surface area contributed by atoms with E-state index >= 15 is 0 Å². The number of fused-ring (bicyclic) bond motifs is 1. The molecular weight excluding hydrogens is 249 g/mol. The van der Waals surface area contributed by atoms with E-state index < -0.39 is 0 Å². The molecule has 1 aromatic rings. The fraction of sp³-hybridized carbons (Fsp3) is 0.455. The molecule has 2 rings (SSSR count).